The SMILES string of the molecule is O=C1COc2ccc(CN3c4ccc(F)cc4OC[C@H]3CO)cc2N1. The van der Waals surface area contributed by atoms with E-state index in [2.05, 4.69) is 5.32 Å². The van der Waals surface area contributed by atoms with Gasteiger partial charge in [-0.1, -0.05) is 6.07 Å². The Morgan fingerprint density at radius 1 is 1.20 bits per heavy atom. The largest absolute Gasteiger partial charge is 0.489 e. The van der Waals surface area contributed by atoms with Gasteiger partial charge >= 0.3 is 0 Å². The quantitative estimate of drug-likeness (QED) is 0.890. The van der Waals surface area contributed by atoms with Gasteiger partial charge in [0, 0.05) is 12.6 Å². The van der Waals surface area contributed by atoms with Gasteiger partial charge in [0.25, 0.3) is 5.91 Å². The number of amides is 1. The highest BCUT2D eigenvalue weighted by Gasteiger charge is 2.28. The number of benzene rings is 2. The minimum atomic E-state index is -0.366. The molecule has 2 aromatic rings. The molecule has 0 saturated heterocycles. The summed E-state index contributed by atoms with van der Waals surface area (Å²) in [7, 11) is 0. The first-order valence-electron chi connectivity index (χ1n) is 7.99. The zero-order chi connectivity index (χ0) is 17.4. The van der Waals surface area contributed by atoms with Crippen LogP contribution in [-0.4, -0.2) is 36.9 Å². The molecule has 7 heteroatoms. The predicted octanol–water partition coefficient (Wildman–Crippen LogP) is 1.92. The van der Waals surface area contributed by atoms with Gasteiger partial charge in [-0.25, -0.2) is 4.39 Å². The van der Waals surface area contributed by atoms with E-state index in [9.17, 15) is 14.3 Å². The fraction of sp³-hybridized carbons (Fsp3) is 0.278. The highest BCUT2D eigenvalue weighted by atomic mass is 19.1. The molecule has 25 heavy (non-hydrogen) atoms. The number of nitrogens with zero attached hydrogens (tertiary/aromatic N) is 1. The van der Waals surface area contributed by atoms with Crippen LogP contribution >= 0.6 is 0 Å². The fourth-order valence-corrected chi connectivity index (χ4v) is 3.10. The molecule has 4 rings (SSSR count). The molecule has 130 valence electrons. The van der Waals surface area contributed by atoms with Crippen LogP contribution in [0.1, 0.15) is 5.56 Å². The number of halogens is 1. The number of carbonyl (C=O) groups excluding carboxylic acids is 1. The van der Waals surface area contributed by atoms with E-state index >= 15 is 0 Å². The van der Waals surface area contributed by atoms with Gasteiger partial charge < -0.3 is 24.8 Å². The molecular formula is C18H17FN2O4. The van der Waals surface area contributed by atoms with Crippen molar-refractivity contribution < 1.29 is 23.8 Å². The van der Waals surface area contributed by atoms with Gasteiger partial charge in [0.1, 0.15) is 23.9 Å². The minimum Gasteiger partial charge on any atom is -0.489 e. The first-order chi connectivity index (χ1) is 12.1. The summed E-state index contributed by atoms with van der Waals surface area (Å²) < 4.78 is 24.4. The summed E-state index contributed by atoms with van der Waals surface area (Å²) in [5, 5.41) is 12.5. The van der Waals surface area contributed by atoms with E-state index in [1.807, 2.05) is 23.1 Å². The molecule has 0 bridgehead atoms. The van der Waals surface area contributed by atoms with Crippen LogP contribution in [0.25, 0.3) is 0 Å². The molecule has 0 spiro atoms. The molecule has 6 nitrogen and oxygen atoms in total. The smallest absolute Gasteiger partial charge is 0.262 e. The number of fused-ring (bicyclic) bond motifs is 2. The zero-order valence-electron chi connectivity index (χ0n) is 13.4. The molecule has 0 radical (unpaired) electrons. The van der Waals surface area contributed by atoms with Crippen molar-refractivity contribution in [3.05, 3.63) is 47.8 Å². The van der Waals surface area contributed by atoms with Crippen molar-refractivity contribution in [1.29, 1.82) is 0 Å². The molecule has 1 atom stereocenters. The van der Waals surface area contributed by atoms with Gasteiger partial charge in [-0.3, -0.25) is 4.79 Å². The third-order valence-corrected chi connectivity index (χ3v) is 4.34. The van der Waals surface area contributed by atoms with E-state index in [1.165, 1.54) is 12.1 Å². The average Bonchev–Trinajstić information content (AvgIpc) is 2.61. The second kappa shape index (κ2) is 6.25. The first kappa shape index (κ1) is 15.7. The Balaban J connectivity index is 1.65. The van der Waals surface area contributed by atoms with E-state index in [-0.39, 0.29) is 37.6 Å². The molecule has 2 heterocycles. The van der Waals surface area contributed by atoms with Crippen LogP contribution in [0.2, 0.25) is 0 Å². The molecule has 0 aliphatic carbocycles. The minimum absolute atomic E-state index is 0.0152. The van der Waals surface area contributed by atoms with Crippen molar-refractivity contribution in [2.24, 2.45) is 0 Å². The summed E-state index contributed by atoms with van der Waals surface area (Å²) in [5.41, 5.74) is 2.28. The van der Waals surface area contributed by atoms with Gasteiger partial charge in [0.2, 0.25) is 0 Å². The van der Waals surface area contributed by atoms with Crippen molar-refractivity contribution in [1.82, 2.24) is 0 Å². The van der Waals surface area contributed by atoms with Gasteiger partial charge in [-0.2, -0.15) is 0 Å². The molecule has 2 aliphatic rings. The lowest BCUT2D eigenvalue weighted by Crippen LogP contribution is -2.45. The normalized spacial score (nSPS) is 18.6. The topological polar surface area (TPSA) is 71.0 Å². The van der Waals surface area contributed by atoms with Crippen LogP contribution in [0.3, 0.4) is 0 Å². The zero-order valence-corrected chi connectivity index (χ0v) is 13.4. The van der Waals surface area contributed by atoms with Crippen molar-refractivity contribution >= 4 is 17.3 Å². The highest BCUT2D eigenvalue weighted by molar-refractivity contribution is 5.95. The molecule has 0 saturated carbocycles. The Labute approximate surface area is 143 Å². The second-order valence-electron chi connectivity index (χ2n) is 6.05. The molecule has 1 amide bonds. The number of rotatable bonds is 3. The van der Waals surface area contributed by atoms with Gasteiger partial charge in [0.15, 0.2) is 6.61 Å². The van der Waals surface area contributed by atoms with Gasteiger partial charge in [-0.05, 0) is 29.8 Å². The van der Waals surface area contributed by atoms with Crippen molar-refractivity contribution in [3.8, 4) is 11.5 Å². The van der Waals surface area contributed by atoms with Crippen LogP contribution in [-0.2, 0) is 11.3 Å². The van der Waals surface area contributed by atoms with E-state index in [4.69, 9.17) is 9.47 Å². The summed E-state index contributed by atoms with van der Waals surface area (Å²) >= 11 is 0. The lowest BCUT2D eigenvalue weighted by molar-refractivity contribution is -0.118. The van der Waals surface area contributed by atoms with E-state index in [0.717, 1.165) is 11.3 Å². The van der Waals surface area contributed by atoms with Crippen molar-refractivity contribution in [3.63, 3.8) is 0 Å². The lowest BCUT2D eigenvalue weighted by Gasteiger charge is -2.38. The number of anilines is 2. The van der Waals surface area contributed by atoms with Crippen LogP contribution in [0.4, 0.5) is 15.8 Å². The summed E-state index contributed by atoms with van der Waals surface area (Å²) in [4.78, 5) is 13.5. The summed E-state index contributed by atoms with van der Waals surface area (Å²) in [6.07, 6.45) is 0. The lowest BCUT2D eigenvalue weighted by atomic mass is 10.1. The Hall–Kier alpha value is -2.80. The Bertz CT molecular complexity index is 827. The summed E-state index contributed by atoms with van der Waals surface area (Å²) in [6, 6.07) is 9.69. The monoisotopic (exact) mass is 344 g/mol. The molecule has 2 N–H and O–H groups in total. The van der Waals surface area contributed by atoms with Gasteiger partial charge in [0.05, 0.1) is 24.0 Å². The van der Waals surface area contributed by atoms with Crippen LogP contribution in [0.5, 0.6) is 11.5 Å². The molecule has 2 aliphatic heterocycles. The predicted molar refractivity (Wildman–Crippen MR) is 89.5 cm³/mol. The number of hydrogen-bond acceptors (Lipinski definition) is 5. The van der Waals surface area contributed by atoms with Crippen LogP contribution in [0.15, 0.2) is 36.4 Å². The number of carbonyl (C=O) groups is 1. The fourth-order valence-electron chi connectivity index (χ4n) is 3.10. The highest BCUT2D eigenvalue weighted by Crippen LogP contribution is 2.36. The number of aliphatic hydroxyl groups excluding tert-OH is 1. The van der Waals surface area contributed by atoms with E-state index in [0.29, 0.717) is 23.7 Å². The van der Waals surface area contributed by atoms with Crippen molar-refractivity contribution in [2.75, 3.05) is 30.0 Å². The molecule has 2 aromatic carbocycles. The maximum Gasteiger partial charge on any atom is 0.262 e. The Morgan fingerprint density at radius 2 is 2.08 bits per heavy atom. The average molecular weight is 344 g/mol. The number of ether oxygens (including phenoxy) is 2. The Kier molecular flexibility index (Phi) is 3.93. The number of hydrogen-bond donors (Lipinski definition) is 2. The van der Waals surface area contributed by atoms with E-state index in [1.54, 1.807) is 6.07 Å². The second-order valence-corrected chi connectivity index (χ2v) is 6.05. The van der Waals surface area contributed by atoms with Crippen LogP contribution < -0.4 is 19.7 Å². The summed E-state index contributed by atoms with van der Waals surface area (Å²) in [5.74, 6) is 0.533. The number of nitrogens with one attached hydrogen (secondary N) is 1. The molecular weight excluding hydrogens is 327 g/mol. The van der Waals surface area contributed by atoms with Crippen LogP contribution in [0, 0.1) is 5.82 Å². The maximum absolute atomic E-state index is 13.5. The Morgan fingerprint density at radius 3 is 2.92 bits per heavy atom. The molecule has 0 fully saturated rings. The maximum atomic E-state index is 13.5. The van der Waals surface area contributed by atoms with Crippen molar-refractivity contribution in [2.45, 2.75) is 12.6 Å². The van der Waals surface area contributed by atoms with Gasteiger partial charge in [-0.15, -0.1) is 0 Å². The standard InChI is InChI=1S/C18H17FN2O4/c19-12-2-3-15-17(6-12)24-9-13(8-22)21(15)7-11-1-4-16-14(5-11)20-18(23)10-25-16/h1-6,13,22H,7-10H2,(H,20,23)/t13-/m1/s1. The molecule has 0 aromatic heterocycles. The third kappa shape index (κ3) is 2.98. The molecule has 0 unspecified atom stereocenters. The number of aliphatic hydroxyl groups is 1. The summed E-state index contributed by atoms with van der Waals surface area (Å²) in [6.45, 7) is 0.692. The third-order valence-electron chi connectivity index (χ3n) is 4.34. The first-order valence-corrected chi connectivity index (χ1v) is 7.99. The van der Waals surface area contributed by atoms with E-state index < -0.39 is 0 Å².